The first-order valence-electron chi connectivity index (χ1n) is 5.19. The van der Waals surface area contributed by atoms with Crippen molar-refractivity contribution in [1.82, 2.24) is 0 Å². The molecule has 2 nitrogen and oxygen atoms in total. The summed E-state index contributed by atoms with van der Waals surface area (Å²) < 4.78 is 5.74. The monoisotopic (exact) mass is 414 g/mol. The van der Waals surface area contributed by atoms with Crippen LogP contribution in [0.2, 0.25) is 0 Å². The number of alkyl halides is 1. The Hall–Kier alpha value is 0.390. The molecule has 0 saturated heterocycles. The van der Waals surface area contributed by atoms with Crippen LogP contribution in [-0.4, -0.2) is 11.3 Å². The first-order valence-corrected chi connectivity index (χ1v) is 7.90. The summed E-state index contributed by atoms with van der Waals surface area (Å²) in [6.45, 7) is 0. The van der Waals surface area contributed by atoms with Crippen LogP contribution in [-0.2, 0) is 9.53 Å². The van der Waals surface area contributed by atoms with E-state index in [0.717, 1.165) is 30.2 Å². The molecule has 0 atom stereocenters. The van der Waals surface area contributed by atoms with Crippen LogP contribution in [0.15, 0.2) is 20.8 Å². The van der Waals surface area contributed by atoms with Crippen LogP contribution < -0.4 is 0 Å². The summed E-state index contributed by atoms with van der Waals surface area (Å²) in [4.78, 5) is 11.4. The van der Waals surface area contributed by atoms with Crippen LogP contribution in [0.5, 0.6) is 0 Å². The summed E-state index contributed by atoms with van der Waals surface area (Å²) in [5.41, 5.74) is 0.769. The second kappa shape index (κ2) is 7.67. The fraction of sp³-hybridized carbons (Fsp3) is 0.545. The Morgan fingerprint density at radius 2 is 1.88 bits per heavy atom. The lowest BCUT2D eigenvalue weighted by Gasteiger charge is -1.99. The minimum atomic E-state index is -0.216. The van der Waals surface area contributed by atoms with Gasteiger partial charge in [0, 0.05) is 10.9 Å². The summed E-state index contributed by atoms with van der Waals surface area (Å²) in [6.07, 6.45) is 7.20. The van der Waals surface area contributed by atoms with Crippen molar-refractivity contribution >= 4 is 53.8 Å². The van der Waals surface area contributed by atoms with Crippen LogP contribution in [0.25, 0.3) is 0 Å². The summed E-state index contributed by atoms with van der Waals surface area (Å²) in [6, 6.07) is 0. The number of esters is 1. The van der Waals surface area contributed by atoms with Gasteiger partial charge in [0.05, 0.1) is 0 Å². The molecule has 90 valence electrons. The van der Waals surface area contributed by atoms with Gasteiger partial charge in [-0.1, -0.05) is 28.8 Å². The number of allylic oxidation sites excluding steroid dienone is 1. The van der Waals surface area contributed by atoms with Gasteiger partial charge in [0.2, 0.25) is 0 Å². The van der Waals surface area contributed by atoms with E-state index in [1.54, 1.807) is 6.08 Å². The van der Waals surface area contributed by atoms with Crippen LogP contribution in [0.1, 0.15) is 32.1 Å². The van der Waals surface area contributed by atoms with Gasteiger partial charge in [-0.25, -0.2) is 4.79 Å². The number of cyclic esters (lactones) is 1. The fourth-order valence-electron chi connectivity index (χ4n) is 1.44. The van der Waals surface area contributed by atoms with Crippen molar-refractivity contribution in [3.8, 4) is 0 Å². The molecule has 0 unspecified atom stereocenters. The molecule has 0 aromatic heterocycles. The lowest BCUT2D eigenvalue weighted by Crippen LogP contribution is -1.98. The van der Waals surface area contributed by atoms with Gasteiger partial charge >= 0.3 is 5.97 Å². The minimum absolute atomic E-state index is 0.216. The van der Waals surface area contributed by atoms with E-state index >= 15 is 0 Å². The predicted molar refractivity (Wildman–Crippen MR) is 75.9 cm³/mol. The SMILES string of the molecule is O=C1OC(=C(Br)Br)C=C1CCCCCCBr. The van der Waals surface area contributed by atoms with E-state index in [2.05, 4.69) is 47.8 Å². The van der Waals surface area contributed by atoms with Crippen molar-refractivity contribution in [3.05, 3.63) is 20.8 Å². The Bertz CT molecular complexity index is 317. The Balaban J connectivity index is 2.34. The molecule has 0 saturated carbocycles. The molecule has 1 aliphatic rings. The molecule has 1 rings (SSSR count). The van der Waals surface area contributed by atoms with Crippen molar-refractivity contribution in [2.24, 2.45) is 0 Å². The van der Waals surface area contributed by atoms with Gasteiger partial charge < -0.3 is 4.74 Å². The van der Waals surface area contributed by atoms with Crippen LogP contribution in [0.4, 0.5) is 0 Å². The predicted octanol–water partition coefficient (Wildman–Crippen LogP) is 4.77. The molecule has 1 aliphatic heterocycles. The van der Waals surface area contributed by atoms with Crippen LogP contribution in [0.3, 0.4) is 0 Å². The third kappa shape index (κ3) is 4.72. The highest BCUT2D eigenvalue weighted by Gasteiger charge is 2.21. The average Bonchev–Trinajstić information content (AvgIpc) is 2.60. The van der Waals surface area contributed by atoms with Crippen LogP contribution in [0, 0.1) is 0 Å². The molecule has 0 bridgehead atoms. The maximum atomic E-state index is 11.4. The third-order valence-electron chi connectivity index (χ3n) is 2.29. The summed E-state index contributed by atoms with van der Waals surface area (Å²) >= 11 is 9.85. The van der Waals surface area contributed by atoms with Gasteiger partial charge in [0.15, 0.2) is 5.76 Å². The molecular weight excluding hydrogens is 404 g/mol. The normalized spacial score (nSPS) is 15.1. The smallest absolute Gasteiger partial charge is 0.339 e. The zero-order chi connectivity index (χ0) is 12.0. The molecule has 0 spiro atoms. The van der Waals surface area contributed by atoms with Gasteiger partial charge in [0.25, 0.3) is 0 Å². The molecular formula is C11H13Br3O2. The molecule has 0 aliphatic carbocycles. The Morgan fingerprint density at radius 1 is 1.19 bits per heavy atom. The highest BCUT2D eigenvalue weighted by Crippen LogP contribution is 2.29. The fourth-order valence-corrected chi connectivity index (χ4v) is 2.23. The van der Waals surface area contributed by atoms with Gasteiger partial charge in [-0.05, 0) is 57.2 Å². The standard InChI is InChI=1S/C11H13Br3O2/c12-6-4-2-1-3-5-8-7-9(10(13)14)16-11(8)15/h7H,1-6H2. The summed E-state index contributed by atoms with van der Waals surface area (Å²) in [7, 11) is 0. The quantitative estimate of drug-likeness (QED) is 0.354. The zero-order valence-electron chi connectivity index (χ0n) is 8.77. The Kier molecular flexibility index (Phi) is 6.92. The molecule has 0 amide bonds. The molecule has 16 heavy (non-hydrogen) atoms. The lowest BCUT2D eigenvalue weighted by atomic mass is 10.1. The molecule has 0 fully saturated rings. The highest BCUT2D eigenvalue weighted by atomic mass is 79.9. The first kappa shape index (κ1) is 14.5. The molecule has 0 N–H and O–H groups in total. The number of carbonyl (C=O) groups excluding carboxylic acids is 1. The van der Waals surface area contributed by atoms with Crippen molar-refractivity contribution < 1.29 is 9.53 Å². The Labute approximate surface area is 121 Å². The number of halogens is 3. The van der Waals surface area contributed by atoms with Crippen molar-refractivity contribution in [2.75, 3.05) is 5.33 Å². The van der Waals surface area contributed by atoms with Gasteiger partial charge in [-0.3, -0.25) is 0 Å². The molecule has 5 heteroatoms. The minimum Gasteiger partial charge on any atom is -0.421 e. The third-order valence-corrected chi connectivity index (χ3v) is 3.63. The Morgan fingerprint density at radius 3 is 2.44 bits per heavy atom. The van der Waals surface area contributed by atoms with E-state index < -0.39 is 0 Å². The largest absolute Gasteiger partial charge is 0.421 e. The second-order valence-electron chi connectivity index (χ2n) is 3.54. The maximum Gasteiger partial charge on any atom is 0.339 e. The van der Waals surface area contributed by atoms with E-state index in [4.69, 9.17) is 4.74 Å². The number of ether oxygens (including phenoxy) is 1. The first-order chi connectivity index (χ1) is 7.65. The summed E-state index contributed by atoms with van der Waals surface area (Å²) in [5.74, 6) is 0.354. The number of unbranched alkanes of at least 4 members (excludes halogenated alkanes) is 3. The second-order valence-corrected chi connectivity index (χ2v) is 6.98. The number of hydrogen-bond donors (Lipinski definition) is 0. The highest BCUT2D eigenvalue weighted by molar-refractivity contribution is 9.28. The maximum absolute atomic E-state index is 11.4. The zero-order valence-corrected chi connectivity index (χ0v) is 13.5. The van der Waals surface area contributed by atoms with E-state index in [0.29, 0.717) is 9.15 Å². The number of hydrogen-bond acceptors (Lipinski definition) is 2. The molecule has 0 aromatic rings. The number of carbonyl (C=O) groups is 1. The van der Waals surface area contributed by atoms with Crippen molar-refractivity contribution in [1.29, 1.82) is 0 Å². The van der Waals surface area contributed by atoms with Gasteiger partial charge in [0.1, 0.15) is 3.39 Å². The van der Waals surface area contributed by atoms with E-state index in [-0.39, 0.29) is 5.97 Å². The van der Waals surface area contributed by atoms with E-state index in [9.17, 15) is 4.79 Å². The van der Waals surface area contributed by atoms with E-state index in [1.807, 2.05) is 0 Å². The van der Waals surface area contributed by atoms with Crippen LogP contribution >= 0.6 is 47.8 Å². The average molecular weight is 417 g/mol. The summed E-state index contributed by atoms with van der Waals surface area (Å²) in [5, 5.41) is 1.06. The van der Waals surface area contributed by atoms with E-state index in [1.165, 1.54) is 12.8 Å². The molecule has 0 radical (unpaired) electrons. The lowest BCUT2D eigenvalue weighted by molar-refractivity contribution is -0.133. The molecule has 0 aromatic carbocycles. The van der Waals surface area contributed by atoms with Gasteiger partial charge in [-0.15, -0.1) is 0 Å². The van der Waals surface area contributed by atoms with Gasteiger partial charge in [-0.2, -0.15) is 0 Å². The van der Waals surface area contributed by atoms with Crippen molar-refractivity contribution in [2.45, 2.75) is 32.1 Å². The van der Waals surface area contributed by atoms with Crippen molar-refractivity contribution in [3.63, 3.8) is 0 Å². The number of rotatable bonds is 6. The topological polar surface area (TPSA) is 26.3 Å². The molecule has 1 heterocycles.